The minimum atomic E-state index is -2.93. The summed E-state index contributed by atoms with van der Waals surface area (Å²) >= 11 is 0. The van der Waals surface area contributed by atoms with Crippen molar-refractivity contribution in [2.24, 2.45) is 0 Å². The molecule has 0 N–H and O–H groups in total. The predicted molar refractivity (Wildman–Crippen MR) is 206 cm³/mol. The zero-order chi connectivity index (χ0) is 33.8. The summed E-state index contributed by atoms with van der Waals surface area (Å²) in [7, 11) is -2.93. The Morgan fingerprint density at radius 1 is 0.373 bits per heavy atom. The number of fused-ring (bicyclic) bond motifs is 8. The van der Waals surface area contributed by atoms with Crippen LogP contribution in [0.3, 0.4) is 0 Å². The molecule has 0 unspecified atom stereocenters. The Morgan fingerprint density at radius 3 is 1.22 bits per heavy atom. The molecule has 1 spiro atoms. The molecule has 0 saturated carbocycles. The molecule has 0 saturated heterocycles. The first-order valence-electron chi connectivity index (χ1n) is 16.9. The van der Waals surface area contributed by atoms with Gasteiger partial charge in [-0.15, -0.1) is 0 Å². The van der Waals surface area contributed by atoms with Crippen molar-refractivity contribution in [1.82, 2.24) is 24.9 Å². The van der Waals surface area contributed by atoms with Gasteiger partial charge in [-0.05, 0) is 81.4 Å². The van der Waals surface area contributed by atoms with Gasteiger partial charge in [0.25, 0.3) is 0 Å². The molecule has 0 radical (unpaired) electrons. The molecule has 2 aliphatic heterocycles. The highest BCUT2D eigenvalue weighted by atomic mass is 28.3. The number of para-hydroxylation sites is 5. The Labute approximate surface area is 296 Å². The molecule has 0 fully saturated rings. The minimum absolute atomic E-state index is 0.537. The first-order chi connectivity index (χ1) is 25.3. The highest BCUT2D eigenvalue weighted by molar-refractivity contribution is 7.23. The van der Waals surface area contributed by atoms with Crippen molar-refractivity contribution in [2.75, 3.05) is 9.80 Å². The van der Waals surface area contributed by atoms with Crippen molar-refractivity contribution < 1.29 is 0 Å². The van der Waals surface area contributed by atoms with Crippen LogP contribution in [0.4, 0.5) is 34.4 Å². The number of rotatable bonds is 4. The Balaban J connectivity index is 1.28. The van der Waals surface area contributed by atoms with Gasteiger partial charge in [-0.25, -0.2) is 4.98 Å². The van der Waals surface area contributed by atoms with Crippen LogP contribution < -0.4 is 30.5 Å². The molecule has 5 heterocycles. The smallest absolute Gasteiger partial charge is 0.238 e. The van der Waals surface area contributed by atoms with Crippen LogP contribution in [0.1, 0.15) is 0 Å². The van der Waals surface area contributed by atoms with Gasteiger partial charge in [0.05, 0.1) is 0 Å². The minimum Gasteiger partial charge on any atom is -0.311 e. The topological polar surface area (TPSA) is 70.9 Å². The molecular formula is C43H29N7Si. The van der Waals surface area contributed by atoms with Crippen LogP contribution in [-0.2, 0) is 0 Å². The van der Waals surface area contributed by atoms with Crippen molar-refractivity contribution >= 4 is 63.2 Å². The van der Waals surface area contributed by atoms with Crippen LogP contribution >= 0.6 is 0 Å². The Bertz CT molecular complexity index is 2410. The van der Waals surface area contributed by atoms with Gasteiger partial charge >= 0.3 is 0 Å². The molecule has 8 heteroatoms. The number of hydrogen-bond acceptors (Lipinski definition) is 7. The molecule has 8 aromatic rings. The summed E-state index contributed by atoms with van der Waals surface area (Å²) in [4.78, 5) is 28.7. The van der Waals surface area contributed by atoms with Crippen LogP contribution in [0.25, 0.3) is 22.8 Å². The molecule has 240 valence electrons. The van der Waals surface area contributed by atoms with E-state index in [0.29, 0.717) is 17.6 Å². The quantitative estimate of drug-likeness (QED) is 0.188. The van der Waals surface area contributed by atoms with Crippen molar-refractivity contribution in [3.63, 3.8) is 0 Å². The lowest BCUT2D eigenvalue weighted by atomic mass is 10.1. The van der Waals surface area contributed by atoms with Gasteiger partial charge in [-0.1, -0.05) is 91.0 Å². The molecule has 2 aliphatic rings. The molecular weight excluding hydrogens is 643 g/mol. The van der Waals surface area contributed by atoms with Crippen LogP contribution in [0.15, 0.2) is 176 Å². The fraction of sp³-hybridized carbons (Fsp3) is 0. The number of nitrogens with zero attached hydrogens (tertiary/aromatic N) is 7. The monoisotopic (exact) mass is 671 g/mol. The van der Waals surface area contributed by atoms with Crippen molar-refractivity contribution in [3.05, 3.63) is 176 Å². The third kappa shape index (κ3) is 4.40. The van der Waals surface area contributed by atoms with Crippen molar-refractivity contribution in [2.45, 2.75) is 0 Å². The van der Waals surface area contributed by atoms with Crippen LogP contribution in [0.5, 0.6) is 0 Å². The van der Waals surface area contributed by atoms with Gasteiger partial charge in [-0.3, -0.25) is 14.9 Å². The Morgan fingerprint density at radius 2 is 0.784 bits per heavy atom. The summed E-state index contributed by atoms with van der Waals surface area (Å²) in [5, 5.41) is 5.25. The average molecular weight is 672 g/mol. The molecule has 0 aliphatic carbocycles. The van der Waals surface area contributed by atoms with E-state index in [0.717, 1.165) is 28.2 Å². The highest BCUT2D eigenvalue weighted by Gasteiger charge is 2.54. The van der Waals surface area contributed by atoms with Gasteiger partial charge in [-0.2, -0.15) is 9.97 Å². The van der Waals surface area contributed by atoms with Crippen molar-refractivity contribution in [3.8, 4) is 22.8 Å². The Kier molecular flexibility index (Phi) is 6.68. The van der Waals surface area contributed by atoms with E-state index in [1.807, 2.05) is 24.3 Å². The fourth-order valence-electron chi connectivity index (χ4n) is 7.86. The summed E-state index contributed by atoms with van der Waals surface area (Å²) in [5.41, 5.74) is 7.27. The van der Waals surface area contributed by atoms with Gasteiger partial charge in [0.15, 0.2) is 19.7 Å². The number of anilines is 6. The van der Waals surface area contributed by atoms with E-state index in [4.69, 9.17) is 15.0 Å². The van der Waals surface area contributed by atoms with E-state index >= 15 is 0 Å². The number of hydrogen-bond donors (Lipinski definition) is 0. The van der Waals surface area contributed by atoms with E-state index in [2.05, 4.69) is 147 Å². The summed E-state index contributed by atoms with van der Waals surface area (Å²) in [5.74, 6) is 1.63. The molecule has 0 atom stereocenters. The highest BCUT2D eigenvalue weighted by Crippen LogP contribution is 2.43. The van der Waals surface area contributed by atoms with E-state index in [1.165, 1.54) is 32.1 Å². The maximum absolute atomic E-state index is 5.17. The number of aromatic nitrogens is 5. The molecule has 0 bridgehead atoms. The lowest BCUT2D eigenvalue weighted by Gasteiger charge is -2.49. The molecule has 0 amide bonds. The normalized spacial score (nSPS) is 13.6. The first kappa shape index (κ1) is 29.2. The second-order valence-electron chi connectivity index (χ2n) is 12.6. The lowest BCUT2D eigenvalue weighted by molar-refractivity contribution is 1.02. The second kappa shape index (κ2) is 11.7. The average Bonchev–Trinajstić information content (AvgIpc) is 3.21. The molecule has 10 rings (SSSR count). The summed E-state index contributed by atoms with van der Waals surface area (Å²) < 4.78 is 0. The Hall–Kier alpha value is -6.77. The molecule has 51 heavy (non-hydrogen) atoms. The van der Waals surface area contributed by atoms with E-state index in [-0.39, 0.29) is 0 Å². The van der Waals surface area contributed by atoms with Gasteiger partial charge in [0.2, 0.25) is 5.95 Å². The van der Waals surface area contributed by atoms with Crippen LogP contribution in [-0.4, -0.2) is 33.0 Å². The lowest BCUT2D eigenvalue weighted by Crippen LogP contribution is -2.79. The van der Waals surface area contributed by atoms with E-state index in [1.54, 1.807) is 24.8 Å². The fourth-order valence-corrected chi connectivity index (χ4v) is 13.3. The summed E-state index contributed by atoms with van der Waals surface area (Å²) in [6.45, 7) is 0. The number of pyridine rings is 2. The third-order valence-electron chi connectivity index (χ3n) is 9.87. The van der Waals surface area contributed by atoms with E-state index in [9.17, 15) is 0 Å². The van der Waals surface area contributed by atoms with Gasteiger partial charge in [0, 0.05) is 64.4 Å². The van der Waals surface area contributed by atoms with Gasteiger partial charge in [0.1, 0.15) is 0 Å². The maximum Gasteiger partial charge on any atom is 0.238 e. The number of benzene rings is 5. The van der Waals surface area contributed by atoms with Crippen LogP contribution in [0.2, 0.25) is 0 Å². The molecule has 5 aromatic carbocycles. The largest absolute Gasteiger partial charge is 0.311 e. The standard InChI is InChI=1S/C43H29N7Si/c1-2-16-32(17-3-1)49-33-18-4-8-22-37(33)51(38-23-9-5-19-34(38)49)39-24-10-6-20-35(39)50(36-21-7-11-25-40(36)51)43-47-41(30-14-12-26-44-28-30)46-42(48-43)31-15-13-27-45-29-31/h1-29H. The zero-order valence-corrected chi connectivity index (χ0v) is 28.4. The SMILES string of the molecule is c1ccc(N2c3ccccc3[Si]3(c4ccccc42)c2ccccc2N(c2nc(-c4cccnc4)nc(-c4cccnc4)n2)c2ccccc23)cc1. The third-order valence-corrected chi connectivity index (χ3v) is 14.8. The first-order valence-corrected chi connectivity index (χ1v) is 18.9. The summed E-state index contributed by atoms with van der Waals surface area (Å²) in [6, 6.07) is 54.0. The predicted octanol–water partition coefficient (Wildman–Crippen LogP) is 6.94. The van der Waals surface area contributed by atoms with Crippen LogP contribution in [0, 0.1) is 0 Å². The molecule has 7 nitrogen and oxygen atoms in total. The van der Waals surface area contributed by atoms with Gasteiger partial charge < -0.3 is 4.90 Å². The van der Waals surface area contributed by atoms with E-state index < -0.39 is 8.07 Å². The summed E-state index contributed by atoms with van der Waals surface area (Å²) in [6.07, 6.45) is 7.10. The molecule has 3 aromatic heterocycles. The second-order valence-corrected chi connectivity index (χ2v) is 16.2. The maximum atomic E-state index is 5.17. The van der Waals surface area contributed by atoms with Crippen molar-refractivity contribution in [1.29, 1.82) is 0 Å². The zero-order valence-electron chi connectivity index (χ0n) is 27.4.